The van der Waals surface area contributed by atoms with E-state index in [4.69, 9.17) is 4.74 Å². The maximum Gasteiger partial charge on any atom is 0.433 e. The highest BCUT2D eigenvalue weighted by Crippen LogP contribution is 2.22. The Balaban J connectivity index is 2.18. The van der Waals surface area contributed by atoms with Gasteiger partial charge in [0, 0.05) is 6.21 Å². The molecule has 1 amide bonds. The van der Waals surface area contributed by atoms with E-state index in [1.54, 1.807) is 51.1 Å². The second-order valence-corrected chi connectivity index (χ2v) is 7.85. The quantitative estimate of drug-likeness (QED) is 0.567. The summed E-state index contributed by atoms with van der Waals surface area (Å²) in [4.78, 5) is 33.8. The average Bonchev–Trinajstić information content (AvgIpc) is 2.68. The van der Waals surface area contributed by atoms with Gasteiger partial charge >= 0.3 is 6.09 Å². The summed E-state index contributed by atoms with van der Waals surface area (Å²) in [6.45, 7) is 7.15. The third-order valence-corrected chi connectivity index (χ3v) is 4.41. The lowest BCUT2D eigenvalue weighted by Gasteiger charge is -2.19. The van der Waals surface area contributed by atoms with Gasteiger partial charge in [-0.1, -0.05) is 31.2 Å². The minimum absolute atomic E-state index is 0.0796. The van der Waals surface area contributed by atoms with Crippen LogP contribution in [0.2, 0.25) is 0 Å². The monoisotopic (exact) mass is 409 g/mol. The third-order valence-electron chi connectivity index (χ3n) is 4.41. The van der Waals surface area contributed by atoms with Crippen LogP contribution in [0.25, 0.3) is 16.6 Å². The molecule has 6 nitrogen and oxygen atoms in total. The molecule has 0 fully saturated rings. The number of carbonyl (C=O) groups is 1. The molecule has 1 heterocycles. The zero-order valence-corrected chi connectivity index (χ0v) is 17.4. The van der Waals surface area contributed by atoms with E-state index < -0.39 is 29.0 Å². The summed E-state index contributed by atoms with van der Waals surface area (Å²) < 4.78 is 21.0. The standard InChI is InChI=1S/C23H24FN3O3/c1-5-15(14-25-22(29)30-23(2,3)4)20-26-18-13-9-12-17(24)19(18)21(28)27(20)16-10-7-6-8-11-16/h6-15H,5H2,1-4H3. The molecule has 0 bridgehead atoms. The van der Waals surface area contributed by atoms with Crippen LogP contribution in [0.4, 0.5) is 9.18 Å². The van der Waals surface area contributed by atoms with Gasteiger partial charge in [-0.25, -0.2) is 14.2 Å². The fraction of sp³-hybridized carbons (Fsp3) is 0.304. The number of amides is 1. The van der Waals surface area contributed by atoms with Gasteiger partial charge in [0.2, 0.25) is 0 Å². The lowest BCUT2D eigenvalue weighted by Crippen LogP contribution is -2.27. The van der Waals surface area contributed by atoms with Crippen LogP contribution >= 0.6 is 0 Å². The van der Waals surface area contributed by atoms with Crippen molar-refractivity contribution in [1.29, 1.82) is 0 Å². The molecule has 0 radical (unpaired) electrons. The molecule has 0 saturated heterocycles. The summed E-state index contributed by atoms with van der Waals surface area (Å²) in [7, 11) is 0. The first kappa shape index (κ1) is 21.4. The summed E-state index contributed by atoms with van der Waals surface area (Å²) in [5.41, 5.74) is -0.366. The minimum Gasteiger partial charge on any atom is -0.442 e. The number of hydrogen-bond donors (Lipinski definition) is 0. The van der Waals surface area contributed by atoms with Gasteiger partial charge < -0.3 is 4.74 Å². The van der Waals surface area contributed by atoms with Crippen LogP contribution in [0.1, 0.15) is 45.9 Å². The first-order chi connectivity index (χ1) is 14.2. The molecule has 30 heavy (non-hydrogen) atoms. The average molecular weight is 409 g/mol. The van der Waals surface area contributed by atoms with Gasteiger partial charge in [0.05, 0.1) is 17.1 Å². The molecule has 0 aliphatic heterocycles. The molecule has 1 atom stereocenters. The first-order valence-electron chi connectivity index (χ1n) is 9.75. The Bertz CT molecular complexity index is 1150. The number of halogens is 1. The van der Waals surface area contributed by atoms with E-state index in [0.29, 0.717) is 17.9 Å². The topological polar surface area (TPSA) is 73.6 Å². The van der Waals surface area contributed by atoms with Crippen LogP contribution in [0.3, 0.4) is 0 Å². The van der Waals surface area contributed by atoms with Crippen LogP contribution < -0.4 is 5.56 Å². The SMILES string of the molecule is CCC(C=NC(=O)OC(C)(C)C)c1nc2cccc(F)c2c(=O)n1-c1ccccc1. The lowest BCUT2D eigenvalue weighted by molar-refractivity contribution is 0.0604. The van der Waals surface area contributed by atoms with Gasteiger partial charge in [-0.3, -0.25) is 9.36 Å². The van der Waals surface area contributed by atoms with E-state index in [2.05, 4.69) is 9.98 Å². The molecule has 1 aromatic heterocycles. The molecule has 0 N–H and O–H groups in total. The fourth-order valence-electron chi connectivity index (χ4n) is 3.08. The number of fused-ring (bicyclic) bond motifs is 1. The maximum absolute atomic E-state index is 14.4. The number of para-hydroxylation sites is 1. The fourth-order valence-corrected chi connectivity index (χ4v) is 3.08. The van der Waals surface area contributed by atoms with Gasteiger partial charge in [-0.15, -0.1) is 0 Å². The number of hydrogen-bond acceptors (Lipinski definition) is 4. The normalized spacial score (nSPS) is 13.0. The Morgan fingerprint density at radius 1 is 1.20 bits per heavy atom. The van der Waals surface area contributed by atoms with Crippen molar-refractivity contribution in [3.63, 3.8) is 0 Å². The predicted octanol–water partition coefficient (Wildman–Crippen LogP) is 5.02. The second-order valence-electron chi connectivity index (χ2n) is 7.85. The Hall–Kier alpha value is -3.35. The van der Waals surface area contributed by atoms with E-state index in [1.165, 1.54) is 22.9 Å². The molecule has 1 unspecified atom stereocenters. The van der Waals surface area contributed by atoms with Crippen LogP contribution in [-0.4, -0.2) is 27.5 Å². The number of carbonyl (C=O) groups excluding carboxylic acids is 1. The molecule has 7 heteroatoms. The Morgan fingerprint density at radius 3 is 2.53 bits per heavy atom. The number of ether oxygens (including phenoxy) is 1. The minimum atomic E-state index is -0.721. The summed E-state index contributed by atoms with van der Waals surface area (Å²) in [5, 5.41) is -0.0796. The van der Waals surface area contributed by atoms with Gasteiger partial charge in [0.15, 0.2) is 0 Å². The van der Waals surface area contributed by atoms with Crippen LogP contribution in [0, 0.1) is 5.82 Å². The summed E-state index contributed by atoms with van der Waals surface area (Å²) in [5.74, 6) is -0.714. The van der Waals surface area contributed by atoms with E-state index in [-0.39, 0.29) is 10.9 Å². The highest BCUT2D eigenvalue weighted by molar-refractivity contribution is 5.83. The van der Waals surface area contributed by atoms with E-state index in [9.17, 15) is 14.0 Å². The van der Waals surface area contributed by atoms with Crippen molar-refractivity contribution < 1.29 is 13.9 Å². The van der Waals surface area contributed by atoms with Crippen molar-refractivity contribution in [3.8, 4) is 5.69 Å². The summed E-state index contributed by atoms with van der Waals surface area (Å²) >= 11 is 0. The lowest BCUT2D eigenvalue weighted by atomic mass is 10.1. The molecule has 0 aliphatic carbocycles. The van der Waals surface area contributed by atoms with Gasteiger partial charge in [0.1, 0.15) is 22.6 Å². The van der Waals surface area contributed by atoms with Crippen LogP contribution in [0.15, 0.2) is 58.3 Å². The number of aromatic nitrogens is 2. The zero-order chi connectivity index (χ0) is 21.9. The van der Waals surface area contributed by atoms with E-state index >= 15 is 0 Å². The highest BCUT2D eigenvalue weighted by atomic mass is 19.1. The number of nitrogens with zero attached hydrogens (tertiary/aromatic N) is 3. The summed E-state index contributed by atoms with van der Waals surface area (Å²) in [6, 6.07) is 13.2. The molecule has 3 aromatic rings. The van der Waals surface area contributed by atoms with Crippen molar-refractivity contribution in [1.82, 2.24) is 9.55 Å². The largest absolute Gasteiger partial charge is 0.442 e. The molecule has 0 aliphatic rings. The molecular weight excluding hydrogens is 385 g/mol. The van der Waals surface area contributed by atoms with Gasteiger partial charge in [0.25, 0.3) is 5.56 Å². The molecule has 3 rings (SSSR count). The number of rotatable bonds is 4. The smallest absolute Gasteiger partial charge is 0.433 e. The third kappa shape index (κ3) is 4.62. The van der Waals surface area contributed by atoms with Gasteiger partial charge in [-0.2, -0.15) is 4.99 Å². The van der Waals surface area contributed by atoms with Crippen molar-refractivity contribution in [2.75, 3.05) is 0 Å². The molecule has 2 aromatic carbocycles. The predicted molar refractivity (Wildman–Crippen MR) is 115 cm³/mol. The molecular formula is C23H24FN3O3. The first-order valence-corrected chi connectivity index (χ1v) is 9.75. The highest BCUT2D eigenvalue weighted by Gasteiger charge is 2.21. The number of aliphatic imine (C=N–C) groups is 1. The Morgan fingerprint density at radius 2 is 1.90 bits per heavy atom. The van der Waals surface area contributed by atoms with Crippen molar-refractivity contribution >= 4 is 23.2 Å². The van der Waals surface area contributed by atoms with Crippen LogP contribution in [-0.2, 0) is 4.74 Å². The van der Waals surface area contributed by atoms with Crippen molar-refractivity contribution in [2.45, 2.75) is 45.6 Å². The second kappa shape index (κ2) is 8.57. The maximum atomic E-state index is 14.4. The summed E-state index contributed by atoms with van der Waals surface area (Å²) in [6.07, 6.45) is 1.23. The van der Waals surface area contributed by atoms with Crippen molar-refractivity contribution in [3.05, 3.63) is 70.5 Å². The van der Waals surface area contributed by atoms with Crippen LogP contribution in [0.5, 0.6) is 0 Å². The zero-order valence-electron chi connectivity index (χ0n) is 17.4. The molecule has 0 spiro atoms. The Kier molecular flexibility index (Phi) is 6.10. The Labute approximate surface area is 174 Å². The van der Waals surface area contributed by atoms with E-state index in [0.717, 1.165) is 0 Å². The van der Waals surface area contributed by atoms with Gasteiger partial charge in [-0.05, 0) is 51.5 Å². The molecule has 156 valence electrons. The van der Waals surface area contributed by atoms with E-state index in [1.807, 2.05) is 13.0 Å². The molecule has 0 saturated carbocycles. The van der Waals surface area contributed by atoms with Crippen molar-refractivity contribution in [2.24, 2.45) is 4.99 Å². The number of benzene rings is 2.